The molecule has 0 saturated carbocycles. The van der Waals surface area contributed by atoms with Gasteiger partial charge < -0.3 is 5.32 Å². The predicted molar refractivity (Wildman–Crippen MR) is 117 cm³/mol. The monoisotopic (exact) mass is 445 g/mol. The summed E-state index contributed by atoms with van der Waals surface area (Å²) in [6.07, 6.45) is 0.672. The number of carbonyl (C=O) groups excluding carboxylic acids is 1. The van der Waals surface area contributed by atoms with Gasteiger partial charge >= 0.3 is 5.69 Å². The normalized spacial score (nSPS) is 11.3. The first-order valence-electron chi connectivity index (χ1n) is 9.26. The van der Waals surface area contributed by atoms with E-state index in [1.54, 1.807) is 42.5 Å². The van der Waals surface area contributed by atoms with Crippen molar-refractivity contribution in [1.82, 2.24) is 18.7 Å². The Labute approximate surface area is 180 Å². The molecule has 30 heavy (non-hydrogen) atoms. The van der Waals surface area contributed by atoms with Crippen LogP contribution in [0.15, 0.2) is 52.1 Å². The second kappa shape index (κ2) is 7.97. The van der Waals surface area contributed by atoms with E-state index in [4.69, 9.17) is 23.2 Å². The van der Waals surface area contributed by atoms with Gasteiger partial charge in [0.25, 0.3) is 5.56 Å². The summed E-state index contributed by atoms with van der Waals surface area (Å²) in [6.45, 7) is 1.98. The van der Waals surface area contributed by atoms with Crippen LogP contribution in [-0.2, 0) is 17.9 Å². The van der Waals surface area contributed by atoms with E-state index in [1.807, 2.05) is 6.92 Å². The molecule has 1 amide bonds. The molecule has 8 nitrogen and oxygen atoms in total. The number of benzene rings is 2. The van der Waals surface area contributed by atoms with E-state index in [0.717, 1.165) is 4.68 Å². The number of anilines is 1. The van der Waals surface area contributed by atoms with E-state index in [9.17, 15) is 14.4 Å². The number of hydrogen-bond donors (Lipinski definition) is 1. The fourth-order valence-electron chi connectivity index (χ4n) is 3.32. The van der Waals surface area contributed by atoms with Crippen LogP contribution in [0.5, 0.6) is 0 Å². The molecule has 0 aliphatic carbocycles. The van der Waals surface area contributed by atoms with E-state index in [-0.39, 0.29) is 17.9 Å². The Balaban J connectivity index is 1.83. The largest absolute Gasteiger partial charge is 0.352 e. The minimum atomic E-state index is -0.539. The number of halogens is 2. The van der Waals surface area contributed by atoms with Crippen LogP contribution in [-0.4, -0.2) is 24.7 Å². The average Bonchev–Trinajstić information content (AvgIpc) is 3.01. The van der Waals surface area contributed by atoms with Gasteiger partial charge in [-0.3, -0.25) is 14.2 Å². The summed E-state index contributed by atoms with van der Waals surface area (Å²) in [5.41, 5.74) is 0.0469. The number of aryl methyl sites for hydroxylation is 1. The molecule has 0 fully saturated rings. The number of nitrogens with zero attached hydrogens (tertiary/aromatic N) is 4. The summed E-state index contributed by atoms with van der Waals surface area (Å²) in [5.74, 6) is -0.285. The molecular formula is C20H17Cl2N5O3. The van der Waals surface area contributed by atoms with Crippen molar-refractivity contribution in [2.24, 2.45) is 0 Å². The van der Waals surface area contributed by atoms with Crippen LogP contribution in [0.4, 0.5) is 5.69 Å². The van der Waals surface area contributed by atoms with Crippen LogP contribution in [0.3, 0.4) is 0 Å². The maximum atomic E-state index is 13.1. The van der Waals surface area contributed by atoms with Gasteiger partial charge in [0.05, 0.1) is 10.9 Å². The van der Waals surface area contributed by atoms with Crippen molar-refractivity contribution in [3.63, 3.8) is 0 Å². The Morgan fingerprint density at radius 1 is 1.10 bits per heavy atom. The molecule has 4 aromatic rings. The average molecular weight is 446 g/mol. The zero-order valence-electron chi connectivity index (χ0n) is 15.9. The topological polar surface area (TPSA) is 90.4 Å². The molecule has 0 spiro atoms. The van der Waals surface area contributed by atoms with Crippen LogP contribution < -0.4 is 16.6 Å². The van der Waals surface area contributed by atoms with Gasteiger partial charge in [-0.05, 0) is 42.8 Å². The zero-order chi connectivity index (χ0) is 21.4. The first-order chi connectivity index (χ1) is 14.4. The third-order valence-corrected chi connectivity index (χ3v) is 5.06. The molecule has 0 atom stereocenters. The summed E-state index contributed by atoms with van der Waals surface area (Å²) < 4.78 is 3.77. The van der Waals surface area contributed by atoms with Gasteiger partial charge in [0.2, 0.25) is 11.7 Å². The predicted octanol–water partition coefficient (Wildman–Crippen LogP) is 3.17. The number of aromatic nitrogens is 4. The molecule has 0 radical (unpaired) electrons. The molecule has 0 aliphatic heterocycles. The lowest BCUT2D eigenvalue weighted by molar-refractivity contribution is -0.117. The Hall–Kier alpha value is -3.10. The summed E-state index contributed by atoms with van der Waals surface area (Å²) in [4.78, 5) is 38.5. The van der Waals surface area contributed by atoms with Crippen LogP contribution in [0.25, 0.3) is 16.7 Å². The van der Waals surface area contributed by atoms with Crippen LogP contribution in [0.2, 0.25) is 10.0 Å². The molecular weight excluding hydrogens is 429 g/mol. The van der Waals surface area contributed by atoms with Gasteiger partial charge in [0, 0.05) is 22.3 Å². The van der Waals surface area contributed by atoms with Crippen LogP contribution in [0.1, 0.15) is 13.3 Å². The van der Waals surface area contributed by atoms with Gasteiger partial charge in [-0.1, -0.05) is 36.2 Å². The minimum Gasteiger partial charge on any atom is -0.324 e. The molecule has 10 heteroatoms. The molecule has 4 rings (SSSR count). The second-order valence-electron chi connectivity index (χ2n) is 6.75. The smallest absolute Gasteiger partial charge is 0.324 e. The van der Waals surface area contributed by atoms with Crippen molar-refractivity contribution in [1.29, 1.82) is 0 Å². The van der Waals surface area contributed by atoms with Crippen molar-refractivity contribution in [3.05, 3.63) is 73.3 Å². The summed E-state index contributed by atoms with van der Waals surface area (Å²) in [7, 11) is 0. The molecule has 154 valence electrons. The first kappa shape index (κ1) is 20.2. The highest BCUT2D eigenvalue weighted by Crippen LogP contribution is 2.18. The number of hydrogen-bond acceptors (Lipinski definition) is 4. The van der Waals surface area contributed by atoms with E-state index >= 15 is 0 Å². The fourth-order valence-corrected chi connectivity index (χ4v) is 3.68. The summed E-state index contributed by atoms with van der Waals surface area (Å²) in [5, 5.41) is 8.16. The quantitative estimate of drug-likeness (QED) is 0.510. The Morgan fingerprint density at radius 2 is 1.87 bits per heavy atom. The maximum Gasteiger partial charge on any atom is 0.352 e. The summed E-state index contributed by atoms with van der Waals surface area (Å²) >= 11 is 12.0. The molecule has 2 aromatic heterocycles. The third kappa shape index (κ3) is 3.59. The zero-order valence-corrected chi connectivity index (χ0v) is 17.4. The van der Waals surface area contributed by atoms with Crippen molar-refractivity contribution < 1.29 is 4.79 Å². The third-order valence-electron chi connectivity index (χ3n) is 4.59. The lowest BCUT2D eigenvalue weighted by atomic mass is 10.2. The van der Waals surface area contributed by atoms with Crippen molar-refractivity contribution >= 4 is 51.5 Å². The van der Waals surface area contributed by atoms with Crippen LogP contribution in [0, 0.1) is 0 Å². The molecule has 1 N–H and O–H groups in total. The molecule has 2 heterocycles. The second-order valence-corrected chi connectivity index (χ2v) is 7.63. The highest BCUT2D eigenvalue weighted by Gasteiger charge is 2.18. The van der Waals surface area contributed by atoms with E-state index < -0.39 is 11.6 Å². The first-order valence-corrected chi connectivity index (χ1v) is 10.0. The lowest BCUT2D eigenvalue weighted by Crippen LogP contribution is -2.29. The van der Waals surface area contributed by atoms with Gasteiger partial charge in [0.1, 0.15) is 6.54 Å². The van der Waals surface area contributed by atoms with Crippen molar-refractivity contribution in [3.8, 4) is 0 Å². The Kier molecular flexibility index (Phi) is 5.36. The maximum absolute atomic E-state index is 13.1. The molecule has 2 aromatic carbocycles. The number of rotatable bonds is 5. The van der Waals surface area contributed by atoms with Gasteiger partial charge in [0.15, 0.2) is 0 Å². The van der Waals surface area contributed by atoms with E-state index in [0.29, 0.717) is 39.6 Å². The Morgan fingerprint density at radius 3 is 2.60 bits per heavy atom. The number of amides is 1. The highest BCUT2D eigenvalue weighted by molar-refractivity contribution is 6.31. The molecule has 0 unspecified atom stereocenters. The van der Waals surface area contributed by atoms with Crippen molar-refractivity contribution in [2.75, 3.05) is 5.32 Å². The standard InChI is InChI=1S/C20H17Cl2N5O3/c1-2-8-25-18(29)15-7-6-13(22)10-16(15)27-19(25)24-26(20(27)30)11-17(28)23-14-5-3-4-12(21)9-14/h3-7,9-10H,2,8,11H2,1H3,(H,23,28). The molecule has 0 bridgehead atoms. The van der Waals surface area contributed by atoms with Crippen LogP contribution >= 0.6 is 23.2 Å². The highest BCUT2D eigenvalue weighted by atomic mass is 35.5. The fraction of sp³-hybridized carbons (Fsp3) is 0.200. The van der Waals surface area contributed by atoms with E-state index in [2.05, 4.69) is 10.4 Å². The minimum absolute atomic E-state index is 0.164. The Bertz CT molecular complexity index is 1400. The SMILES string of the molecule is CCCn1c(=O)c2ccc(Cl)cc2n2c(=O)n(CC(=O)Nc3cccc(Cl)c3)nc12. The van der Waals surface area contributed by atoms with Gasteiger partial charge in [-0.25, -0.2) is 13.9 Å². The number of fused-ring (bicyclic) bond motifs is 3. The number of carbonyl (C=O) groups is 1. The van der Waals surface area contributed by atoms with Crippen molar-refractivity contribution in [2.45, 2.75) is 26.4 Å². The van der Waals surface area contributed by atoms with Gasteiger partial charge in [-0.15, -0.1) is 5.10 Å². The molecule has 0 aliphatic rings. The molecule has 0 saturated heterocycles. The number of nitrogens with one attached hydrogen (secondary N) is 1. The lowest BCUT2D eigenvalue weighted by Gasteiger charge is -2.08. The van der Waals surface area contributed by atoms with Gasteiger partial charge in [-0.2, -0.15) is 0 Å². The van der Waals surface area contributed by atoms with E-state index in [1.165, 1.54) is 8.97 Å². The summed E-state index contributed by atoms with van der Waals surface area (Å²) in [6, 6.07) is 11.4.